The highest BCUT2D eigenvalue weighted by Crippen LogP contribution is 2.36. The van der Waals surface area contributed by atoms with E-state index in [1.54, 1.807) is 43.7 Å². The van der Waals surface area contributed by atoms with E-state index < -0.39 is 11.7 Å². The van der Waals surface area contributed by atoms with Gasteiger partial charge in [0.25, 0.3) is 0 Å². The summed E-state index contributed by atoms with van der Waals surface area (Å²) in [6.07, 6.45) is 4.28. The van der Waals surface area contributed by atoms with Gasteiger partial charge in [-0.2, -0.15) is 0 Å². The summed E-state index contributed by atoms with van der Waals surface area (Å²) >= 11 is 0. The van der Waals surface area contributed by atoms with Crippen LogP contribution in [0, 0.1) is 11.2 Å². The van der Waals surface area contributed by atoms with E-state index in [4.69, 9.17) is 14.5 Å². The average Bonchev–Trinajstić information content (AvgIpc) is 3.47. The van der Waals surface area contributed by atoms with Crippen LogP contribution in [0.2, 0.25) is 0 Å². The quantitative estimate of drug-likeness (QED) is 0.229. The van der Waals surface area contributed by atoms with Crippen LogP contribution < -0.4 is 10.6 Å². The van der Waals surface area contributed by atoms with E-state index in [2.05, 4.69) is 30.6 Å². The average molecular weight is 566 g/mol. The van der Waals surface area contributed by atoms with Gasteiger partial charge in [0.05, 0.1) is 35.7 Å². The fraction of sp³-hybridized carbons (Fsp3) is 0.194. The maximum atomic E-state index is 13.7. The Labute approximate surface area is 241 Å². The van der Waals surface area contributed by atoms with Crippen LogP contribution in [0.3, 0.4) is 0 Å². The fourth-order valence-corrected chi connectivity index (χ4v) is 4.47. The monoisotopic (exact) mass is 565 g/mol. The molecule has 3 aromatic heterocycles. The van der Waals surface area contributed by atoms with Gasteiger partial charge in [0.15, 0.2) is 5.82 Å². The van der Waals surface area contributed by atoms with Gasteiger partial charge in [-0.1, -0.05) is 24.3 Å². The van der Waals surface area contributed by atoms with Crippen molar-refractivity contribution in [1.29, 1.82) is 0 Å². The Morgan fingerprint density at radius 1 is 1.00 bits per heavy atom. The van der Waals surface area contributed by atoms with Crippen LogP contribution in [0.1, 0.15) is 24.6 Å². The molecule has 1 amide bonds. The molecule has 1 aliphatic rings. The normalized spacial score (nSPS) is 18.4. The second-order valence-corrected chi connectivity index (χ2v) is 10.2. The van der Waals surface area contributed by atoms with Crippen LogP contribution in [0.5, 0.6) is 0 Å². The van der Waals surface area contributed by atoms with Crippen LogP contribution in [0.15, 0.2) is 91.4 Å². The number of aromatic nitrogens is 5. The van der Waals surface area contributed by atoms with Crippen molar-refractivity contribution < 1.29 is 18.7 Å². The lowest BCUT2D eigenvalue weighted by Crippen LogP contribution is -2.45. The smallest absolute Gasteiger partial charge is 0.234 e. The zero-order valence-corrected chi connectivity index (χ0v) is 22.8. The van der Waals surface area contributed by atoms with E-state index in [0.29, 0.717) is 46.7 Å². The predicted octanol–water partition coefficient (Wildman–Crippen LogP) is 5.37. The number of halogens is 1. The first-order valence-corrected chi connectivity index (χ1v) is 13.4. The SMILES string of the molecule is CC1(C(=O)Nc2ccccc2)COC(c2nc(-c3ccc(F)cc3)c(-c3ccnc(NCc4cccnc4)n3)[nH]2)OC1. The number of hydrogen-bond acceptors (Lipinski definition) is 8. The second-order valence-electron chi connectivity index (χ2n) is 10.2. The van der Waals surface area contributed by atoms with E-state index in [1.807, 2.05) is 42.5 Å². The number of nitrogens with one attached hydrogen (secondary N) is 3. The number of hydrogen-bond donors (Lipinski definition) is 3. The number of rotatable bonds is 8. The number of imidazole rings is 1. The molecule has 5 aromatic rings. The number of H-pyrrole nitrogens is 1. The van der Waals surface area contributed by atoms with Gasteiger partial charge < -0.3 is 25.1 Å². The lowest BCUT2D eigenvalue weighted by Gasteiger charge is -2.35. The van der Waals surface area contributed by atoms with Crippen molar-refractivity contribution in [2.75, 3.05) is 23.8 Å². The van der Waals surface area contributed by atoms with E-state index in [9.17, 15) is 9.18 Å². The molecule has 10 nitrogen and oxygen atoms in total. The Kier molecular flexibility index (Phi) is 7.67. The second kappa shape index (κ2) is 11.9. The number of nitrogens with zero attached hydrogens (tertiary/aromatic N) is 4. The van der Waals surface area contributed by atoms with Crippen molar-refractivity contribution >= 4 is 17.5 Å². The molecule has 6 rings (SSSR count). The molecule has 1 saturated heterocycles. The summed E-state index contributed by atoms with van der Waals surface area (Å²) in [6.45, 7) is 2.53. The van der Waals surface area contributed by atoms with Crippen LogP contribution in [-0.2, 0) is 20.8 Å². The maximum absolute atomic E-state index is 13.7. The van der Waals surface area contributed by atoms with Crippen molar-refractivity contribution in [3.8, 4) is 22.6 Å². The third kappa shape index (κ3) is 6.02. The van der Waals surface area contributed by atoms with Crippen LogP contribution in [-0.4, -0.2) is 44.0 Å². The molecule has 0 radical (unpaired) electrons. The van der Waals surface area contributed by atoms with Gasteiger partial charge in [-0.15, -0.1) is 0 Å². The minimum absolute atomic E-state index is 0.119. The van der Waals surface area contributed by atoms with Crippen molar-refractivity contribution in [3.63, 3.8) is 0 Å². The van der Waals surface area contributed by atoms with Gasteiger partial charge in [-0.25, -0.2) is 19.3 Å². The maximum Gasteiger partial charge on any atom is 0.234 e. The third-order valence-electron chi connectivity index (χ3n) is 6.83. The Morgan fingerprint density at radius 2 is 1.79 bits per heavy atom. The lowest BCUT2D eigenvalue weighted by atomic mass is 9.91. The predicted molar refractivity (Wildman–Crippen MR) is 154 cm³/mol. The van der Waals surface area contributed by atoms with E-state index >= 15 is 0 Å². The molecule has 4 heterocycles. The summed E-state index contributed by atoms with van der Waals surface area (Å²) in [5.74, 6) is 0.264. The number of anilines is 2. The standard InChI is InChI=1S/C31H28FN7O3/c1-31(29(40)36-23-7-3-2-4-8-23)18-41-28(42-19-31)27-38-25(21-9-11-22(32)12-10-21)26(39-27)24-13-15-34-30(37-24)35-17-20-6-5-14-33-16-20/h2-16,28H,17-19H2,1H3,(H,36,40)(H,38,39)(H,34,35,37). The highest BCUT2D eigenvalue weighted by Gasteiger charge is 2.41. The first kappa shape index (κ1) is 27.2. The number of benzene rings is 2. The molecule has 1 aliphatic heterocycles. The van der Waals surface area contributed by atoms with Gasteiger partial charge in [0, 0.05) is 36.4 Å². The van der Waals surface area contributed by atoms with Crippen LogP contribution >= 0.6 is 0 Å². The topological polar surface area (TPSA) is 127 Å². The molecule has 0 saturated carbocycles. The van der Waals surface area contributed by atoms with Crippen molar-refractivity contribution in [3.05, 3.63) is 109 Å². The van der Waals surface area contributed by atoms with Gasteiger partial charge >= 0.3 is 0 Å². The number of pyridine rings is 1. The summed E-state index contributed by atoms with van der Waals surface area (Å²) in [7, 11) is 0. The Morgan fingerprint density at radius 3 is 2.52 bits per heavy atom. The zero-order chi connectivity index (χ0) is 28.9. The highest BCUT2D eigenvalue weighted by atomic mass is 19.1. The molecule has 42 heavy (non-hydrogen) atoms. The summed E-state index contributed by atoms with van der Waals surface area (Å²) in [4.78, 5) is 34.2. The first-order chi connectivity index (χ1) is 20.5. The molecular weight excluding hydrogens is 537 g/mol. The minimum atomic E-state index is -0.900. The molecular formula is C31H28FN7O3. The lowest BCUT2D eigenvalue weighted by molar-refractivity contribution is -0.229. The molecule has 0 spiro atoms. The van der Waals surface area contributed by atoms with E-state index in [-0.39, 0.29) is 24.9 Å². The van der Waals surface area contributed by atoms with Crippen molar-refractivity contribution in [2.24, 2.45) is 5.41 Å². The Bertz CT molecular complexity index is 1660. The highest BCUT2D eigenvalue weighted by molar-refractivity contribution is 5.95. The summed E-state index contributed by atoms with van der Waals surface area (Å²) in [5.41, 5.74) is 3.17. The fourth-order valence-electron chi connectivity index (χ4n) is 4.47. The Balaban J connectivity index is 1.24. The number of aromatic amines is 1. The molecule has 2 aromatic carbocycles. The molecule has 0 atom stereocenters. The molecule has 0 aliphatic carbocycles. The van der Waals surface area contributed by atoms with Crippen molar-refractivity contribution in [2.45, 2.75) is 19.8 Å². The van der Waals surface area contributed by atoms with Gasteiger partial charge in [-0.05, 0) is 61.0 Å². The number of carbonyl (C=O) groups excluding carboxylic acids is 1. The number of amides is 1. The van der Waals surface area contributed by atoms with Crippen molar-refractivity contribution in [1.82, 2.24) is 24.9 Å². The van der Waals surface area contributed by atoms with Gasteiger partial charge in [0.2, 0.25) is 18.1 Å². The third-order valence-corrected chi connectivity index (χ3v) is 6.83. The summed E-state index contributed by atoms with van der Waals surface area (Å²) in [6, 6.07) is 20.9. The zero-order valence-electron chi connectivity index (χ0n) is 22.8. The van der Waals surface area contributed by atoms with Crippen LogP contribution in [0.4, 0.5) is 16.0 Å². The van der Waals surface area contributed by atoms with Gasteiger partial charge in [0.1, 0.15) is 5.82 Å². The van der Waals surface area contributed by atoms with Crippen LogP contribution in [0.25, 0.3) is 22.6 Å². The van der Waals surface area contributed by atoms with Gasteiger partial charge in [-0.3, -0.25) is 9.78 Å². The van der Waals surface area contributed by atoms with E-state index in [1.165, 1.54) is 12.1 Å². The molecule has 212 valence electrons. The largest absolute Gasteiger partial charge is 0.350 e. The Hall–Kier alpha value is -5.00. The molecule has 11 heteroatoms. The number of para-hydroxylation sites is 1. The summed E-state index contributed by atoms with van der Waals surface area (Å²) in [5, 5.41) is 6.13. The van der Waals surface area contributed by atoms with E-state index in [0.717, 1.165) is 5.56 Å². The molecule has 0 bridgehead atoms. The number of ether oxygens (including phenoxy) is 2. The molecule has 1 fully saturated rings. The summed E-state index contributed by atoms with van der Waals surface area (Å²) < 4.78 is 25.8. The number of carbonyl (C=O) groups is 1. The molecule has 3 N–H and O–H groups in total. The minimum Gasteiger partial charge on any atom is -0.350 e. The molecule has 0 unspecified atom stereocenters. The first-order valence-electron chi connectivity index (χ1n) is 13.4.